The summed E-state index contributed by atoms with van der Waals surface area (Å²) < 4.78 is 0.517. The summed E-state index contributed by atoms with van der Waals surface area (Å²) in [4.78, 5) is 8.39. The van der Waals surface area contributed by atoms with E-state index >= 15 is 0 Å². The maximum Gasteiger partial charge on any atom is 0.197 e. The van der Waals surface area contributed by atoms with Gasteiger partial charge in [-0.15, -0.1) is 0 Å². The highest BCUT2D eigenvalue weighted by atomic mass is 79.9. The highest BCUT2D eigenvalue weighted by Gasteiger charge is 2.07. The van der Waals surface area contributed by atoms with E-state index in [2.05, 4.69) is 25.9 Å². The first-order valence-electron chi connectivity index (χ1n) is 4.36. The maximum atomic E-state index is 9.60. The standard InChI is InChI=1S/C10H9BrN2O/c1-2-7-6-4-3-5-8(14)9(6)13-10(11)12-7/h3-5,14H,2H2,1H3. The Morgan fingerprint density at radius 3 is 2.86 bits per heavy atom. The van der Waals surface area contributed by atoms with E-state index in [1.54, 1.807) is 12.1 Å². The zero-order valence-corrected chi connectivity index (χ0v) is 9.24. The van der Waals surface area contributed by atoms with E-state index < -0.39 is 0 Å². The van der Waals surface area contributed by atoms with Crippen LogP contribution < -0.4 is 0 Å². The van der Waals surface area contributed by atoms with Crippen molar-refractivity contribution in [3.05, 3.63) is 28.6 Å². The van der Waals surface area contributed by atoms with Gasteiger partial charge in [0.05, 0.1) is 5.69 Å². The van der Waals surface area contributed by atoms with Crippen LogP contribution in [0.2, 0.25) is 0 Å². The molecule has 0 radical (unpaired) electrons. The Kier molecular flexibility index (Phi) is 2.37. The van der Waals surface area contributed by atoms with Gasteiger partial charge in [0.2, 0.25) is 0 Å². The molecule has 1 heterocycles. The van der Waals surface area contributed by atoms with Crippen molar-refractivity contribution in [3.8, 4) is 5.75 Å². The number of hydrogen-bond acceptors (Lipinski definition) is 3. The molecule has 0 amide bonds. The number of halogens is 1. The van der Waals surface area contributed by atoms with Crippen molar-refractivity contribution in [2.75, 3.05) is 0 Å². The number of para-hydroxylation sites is 1. The van der Waals surface area contributed by atoms with Crippen LogP contribution in [0.1, 0.15) is 12.6 Å². The van der Waals surface area contributed by atoms with Crippen molar-refractivity contribution in [1.29, 1.82) is 0 Å². The van der Waals surface area contributed by atoms with Gasteiger partial charge in [0.15, 0.2) is 4.73 Å². The summed E-state index contributed by atoms with van der Waals surface area (Å²) >= 11 is 3.22. The molecule has 0 aliphatic carbocycles. The van der Waals surface area contributed by atoms with Gasteiger partial charge in [0.25, 0.3) is 0 Å². The minimum absolute atomic E-state index is 0.195. The molecule has 0 saturated carbocycles. The van der Waals surface area contributed by atoms with E-state index in [0.29, 0.717) is 10.3 Å². The lowest BCUT2D eigenvalue weighted by Crippen LogP contribution is -1.93. The highest BCUT2D eigenvalue weighted by Crippen LogP contribution is 2.25. The van der Waals surface area contributed by atoms with E-state index in [1.165, 1.54) is 0 Å². The Bertz CT molecular complexity index is 485. The monoisotopic (exact) mass is 252 g/mol. The predicted molar refractivity (Wildman–Crippen MR) is 58.3 cm³/mol. The van der Waals surface area contributed by atoms with Crippen molar-refractivity contribution in [2.45, 2.75) is 13.3 Å². The molecular weight excluding hydrogens is 244 g/mol. The molecule has 2 rings (SSSR count). The summed E-state index contributed by atoms with van der Waals surface area (Å²) in [7, 11) is 0. The summed E-state index contributed by atoms with van der Waals surface area (Å²) in [5, 5.41) is 10.5. The Balaban J connectivity index is 2.87. The van der Waals surface area contributed by atoms with E-state index in [-0.39, 0.29) is 5.75 Å². The number of aryl methyl sites for hydroxylation is 1. The number of phenols is 1. The SMILES string of the molecule is CCc1nc(Br)nc2c(O)cccc12. The second-order valence-electron chi connectivity index (χ2n) is 2.97. The van der Waals surface area contributed by atoms with Crippen molar-refractivity contribution in [1.82, 2.24) is 9.97 Å². The van der Waals surface area contributed by atoms with Crippen LogP contribution in [0.4, 0.5) is 0 Å². The Hall–Kier alpha value is -1.16. The smallest absolute Gasteiger partial charge is 0.197 e. The Labute approximate surface area is 89.9 Å². The second kappa shape index (κ2) is 3.53. The van der Waals surface area contributed by atoms with Crippen LogP contribution >= 0.6 is 15.9 Å². The normalized spacial score (nSPS) is 10.7. The molecule has 1 aromatic carbocycles. The van der Waals surface area contributed by atoms with Gasteiger partial charge in [-0.3, -0.25) is 0 Å². The van der Waals surface area contributed by atoms with Crippen LogP contribution in [0, 0.1) is 0 Å². The summed E-state index contributed by atoms with van der Waals surface area (Å²) in [5.74, 6) is 0.195. The molecule has 1 N–H and O–H groups in total. The number of benzene rings is 1. The van der Waals surface area contributed by atoms with Crippen LogP contribution in [-0.4, -0.2) is 15.1 Å². The molecule has 4 heteroatoms. The zero-order valence-electron chi connectivity index (χ0n) is 7.66. The molecule has 0 bridgehead atoms. The third-order valence-electron chi connectivity index (χ3n) is 2.09. The van der Waals surface area contributed by atoms with Gasteiger partial charge < -0.3 is 5.11 Å². The second-order valence-corrected chi connectivity index (χ2v) is 3.68. The summed E-state index contributed by atoms with van der Waals surface area (Å²) in [6.07, 6.45) is 0.821. The fourth-order valence-electron chi connectivity index (χ4n) is 1.44. The fourth-order valence-corrected chi connectivity index (χ4v) is 1.83. The number of rotatable bonds is 1. The first-order chi connectivity index (χ1) is 6.72. The average molecular weight is 253 g/mol. The van der Waals surface area contributed by atoms with E-state index in [9.17, 15) is 5.11 Å². The van der Waals surface area contributed by atoms with Gasteiger partial charge >= 0.3 is 0 Å². The third kappa shape index (κ3) is 1.46. The van der Waals surface area contributed by atoms with Gasteiger partial charge in [-0.1, -0.05) is 19.1 Å². The molecule has 0 aliphatic heterocycles. The minimum Gasteiger partial charge on any atom is -0.506 e. The number of phenolic OH excluding ortho intramolecular Hbond substituents is 1. The number of nitrogens with zero attached hydrogens (tertiary/aromatic N) is 2. The number of fused-ring (bicyclic) bond motifs is 1. The molecule has 0 spiro atoms. The van der Waals surface area contributed by atoms with Crippen LogP contribution in [0.3, 0.4) is 0 Å². The van der Waals surface area contributed by atoms with Crippen LogP contribution in [0.25, 0.3) is 10.9 Å². The molecule has 72 valence electrons. The van der Waals surface area contributed by atoms with Crippen LogP contribution in [-0.2, 0) is 6.42 Å². The Morgan fingerprint density at radius 1 is 1.36 bits per heavy atom. The molecule has 0 aliphatic rings. The van der Waals surface area contributed by atoms with E-state index in [0.717, 1.165) is 17.5 Å². The van der Waals surface area contributed by atoms with Crippen molar-refractivity contribution in [3.63, 3.8) is 0 Å². The molecule has 0 unspecified atom stereocenters. The molecular formula is C10H9BrN2O. The first kappa shape index (κ1) is 9.40. The van der Waals surface area contributed by atoms with E-state index in [4.69, 9.17) is 0 Å². The Morgan fingerprint density at radius 2 is 2.14 bits per heavy atom. The van der Waals surface area contributed by atoms with Crippen molar-refractivity contribution in [2.24, 2.45) is 0 Å². The first-order valence-corrected chi connectivity index (χ1v) is 5.15. The molecule has 2 aromatic rings. The van der Waals surface area contributed by atoms with Crippen LogP contribution in [0.15, 0.2) is 22.9 Å². The molecule has 0 atom stereocenters. The van der Waals surface area contributed by atoms with Gasteiger partial charge in [0.1, 0.15) is 11.3 Å². The average Bonchev–Trinajstić information content (AvgIpc) is 2.18. The quantitative estimate of drug-likeness (QED) is 0.794. The molecule has 3 nitrogen and oxygen atoms in total. The summed E-state index contributed by atoms with van der Waals surface area (Å²) in [5.41, 5.74) is 1.55. The predicted octanol–water partition coefficient (Wildman–Crippen LogP) is 2.66. The lowest BCUT2D eigenvalue weighted by atomic mass is 10.1. The van der Waals surface area contributed by atoms with Gasteiger partial charge in [-0.25, -0.2) is 9.97 Å². The molecule has 14 heavy (non-hydrogen) atoms. The molecule has 0 fully saturated rings. The van der Waals surface area contributed by atoms with Crippen molar-refractivity contribution < 1.29 is 5.11 Å². The minimum atomic E-state index is 0.195. The lowest BCUT2D eigenvalue weighted by Gasteiger charge is -2.04. The maximum absolute atomic E-state index is 9.60. The lowest BCUT2D eigenvalue weighted by molar-refractivity contribution is 0.480. The highest BCUT2D eigenvalue weighted by molar-refractivity contribution is 9.10. The van der Waals surface area contributed by atoms with E-state index in [1.807, 2.05) is 13.0 Å². The molecule has 1 aromatic heterocycles. The number of aromatic hydroxyl groups is 1. The number of aromatic nitrogens is 2. The van der Waals surface area contributed by atoms with Gasteiger partial charge in [-0.2, -0.15) is 0 Å². The number of hydrogen-bond donors (Lipinski definition) is 1. The summed E-state index contributed by atoms with van der Waals surface area (Å²) in [6, 6.07) is 5.34. The van der Waals surface area contributed by atoms with Gasteiger partial charge in [0, 0.05) is 5.39 Å². The topological polar surface area (TPSA) is 46.0 Å². The van der Waals surface area contributed by atoms with Crippen molar-refractivity contribution >= 4 is 26.8 Å². The third-order valence-corrected chi connectivity index (χ3v) is 2.45. The molecule has 0 saturated heterocycles. The van der Waals surface area contributed by atoms with Crippen LogP contribution in [0.5, 0.6) is 5.75 Å². The largest absolute Gasteiger partial charge is 0.506 e. The van der Waals surface area contributed by atoms with Gasteiger partial charge in [-0.05, 0) is 28.4 Å². The fraction of sp³-hybridized carbons (Fsp3) is 0.200. The summed E-state index contributed by atoms with van der Waals surface area (Å²) in [6.45, 7) is 2.03. The zero-order chi connectivity index (χ0) is 10.1.